The van der Waals surface area contributed by atoms with Gasteiger partial charge in [-0.2, -0.15) is 8.42 Å². The van der Waals surface area contributed by atoms with Crippen molar-refractivity contribution < 1.29 is 34.2 Å². The molecule has 0 saturated heterocycles. The van der Waals surface area contributed by atoms with Gasteiger partial charge in [-0.25, -0.2) is 4.18 Å². The van der Waals surface area contributed by atoms with Crippen molar-refractivity contribution in [3.8, 4) is 0 Å². The molecule has 1 N–H and O–H groups in total. The van der Waals surface area contributed by atoms with Gasteiger partial charge in [-0.3, -0.25) is 4.55 Å². The van der Waals surface area contributed by atoms with E-state index in [2.05, 4.69) is 11.1 Å². The Hall–Kier alpha value is 0.389. The first kappa shape index (κ1) is 20.7. The van der Waals surface area contributed by atoms with Crippen LogP contribution in [0, 0.1) is 0 Å². The molecule has 0 aliphatic rings. The molecule has 0 bridgehead atoms. The summed E-state index contributed by atoms with van der Waals surface area (Å²) in [5.41, 5.74) is 0. The Kier molecular flexibility index (Phi) is 15.9. The van der Waals surface area contributed by atoms with Crippen molar-refractivity contribution in [3.63, 3.8) is 0 Å². The van der Waals surface area contributed by atoms with Crippen LogP contribution in [-0.2, 0) is 31.7 Å². The molecule has 18 heavy (non-hydrogen) atoms. The predicted octanol–water partition coefficient (Wildman–Crippen LogP) is 3.72. The molecule has 0 aromatic carbocycles. The normalized spacial score (nSPS) is 11.2. The molecule has 0 aromatic heterocycles. The third-order valence-corrected chi connectivity index (χ3v) is 3.19. The Balaban J connectivity index is 0. The number of hydrogen-bond donors (Lipinski definition) is 1. The largest absolute Gasteiger partial charge is 0.397 e. The first-order chi connectivity index (χ1) is 8.06. The molecule has 6 heteroatoms. The fourth-order valence-corrected chi connectivity index (χ4v) is 2.08. The van der Waals surface area contributed by atoms with E-state index in [-0.39, 0.29) is 23.7 Å². The van der Waals surface area contributed by atoms with Crippen molar-refractivity contribution in [2.45, 2.75) is 71.1 Å². The van der Waals surface area contributed by atoms with Crippen LogP contribution in [0.1, 0.15) is 71.1 Å². The minimum absolute atomic E-state index is 0. The molecule has 0 spiro atoms. The molecule has 0 aromatic rings. The van der Waals surface area contributed by atoms with E-state index in [4.69, 9.17) is 4.55 Å². The van der Waals surface area contributed by atoms with Crippen LogP contribution in [0.3, 0.4) is 0 Å². The first-order valence-corrected chi connectivity index (χ1v) is 8.04. The van der Waals surface area contributed by atoms with Crippen LogP contribution in [0.25, 0.3) is 0 Å². The van der Waals surface area contributed by atoms with Crippen LogP contribution in [0.15, 0.2) is 0 Å². The summed E-state index contributed by atoms with van der Waals surface area (Å²) in [6, 6.07) is 0. The second kappa shape index (κ2) is 13.8. The summed E-state index contributed by atoms with van der Waals surface area (Å²) >= 11 is 0. The Morgan fingerprint density at radius 2 is 1.22 bits per heavy atom. The van der Waals surface area contributed by atoms with E-state index < -0.39 is 10.4 Å². The molecular weight excluding hydrogens is 304 g/mol. The average Bonchev–Trinajstić information content (AvgIpc) is 2.24. The van der Waals surface area contributed by atoms with Crippen LogP contribution in [-0.4, -0.2) is 19.6 Å². The van der Waals surface area contributed by atoms with Crippen molar-refractivity contribution in [2.24, 2.45) is 0 Å². The summed E-state index contributed by atoms with van der Waals surface area (Å²) < 4.78 is 33.0. The SMILES string of the molecule is CCCCCCCCCCCCOS(=O)(=O)O.[Cu]. The molecule has 0 unspecified atom stereocenters. The van der Waals surface area contributed by atoms with E-state index in [9.17, 15) is 8.42 Å². The third kappa shape index (κ3) is 18.7. The van der Waals surface area contributed by atoms with Gasteiger partial charge in [-0.05, 0) is 6.42 Å². The van der Waals surface area contributed by atoms with Crippen LogP contribution in [0.5, 0.6) is 0 Å². The zero-order chi connectivity index (χ0) is 13.0. The van der Waals surface area contributed by atoms with Crippen molar-refractivity contribution in [1.82, 2.24) is 0 Å². The molecule has 4 nitrogen and oxygen atoms in total. The van der Waals surface area contributed by atoms with Gasteiger partial charge in [-0.15, -0.1) is 0 Å². The molecule has 0 rings (SSSR count). The topological polar surface area (TPSA) is 63.6 Å². The van der Waals surface area contributed by atoms with Gasteiger partial charge < -0.3 is 0 Å². The fraction of sp³-hybridized carbons (Fsp3) is 1.00. The molecule has 1 radical (unpaired) electrons. The molecule has 115 valence electrons. The minimum Gasteiger partial charge on any atom is -0.264 e. The van der Waals surface area contributed by atoms with Gasteiger partial charge in [0.2, 0.25) is 0 Å². The summed E-state index contributed by atoms with van der Waals surface area (Å²) in [5.74, 6) is 0. The van der Waals surface area contributed by atoms with E-state index in [1.54, 1.807) is 0 Å². The maximum absolute atomic E-state index is 10.2. The average molecular weight is 330 g/mol. The van der Waals surface area contributed by atoms with Crippen LogP contribution in [0.2, 0.25) is 0 Å². The summed E-state index contributed by atoms with van der Waals surface area (Å²) in [7, 11) is -4.23. The van der Waals surface area contributed by atoms with E-state index in [0.717, 1.165) is 12.8 Å². The smallest absolute Gasteiger partial charge is 0.264 e. The van der Waals surface area contributed by atoms with E-state index >= 15 is 0 Å². The fourth-order valence-electron chi connectivity index (χ4n) is 1.75. The van der Waals surface area contributed by atoms with Gasteiger partial charge >= 0.3 is 10.4 Å². The zero-order valence-corrected chi connectivity index (χ0v) is 12.9. The van der Waals surface area contributed by atoms with E-state index in [1.807, 2.05) is 0 Å². The molecule has 0 heterocycles. The van der Waals surface area contributed by atoms with E-state index in [1.165, 1.54) is 44.9 Å². The van der Waals surface area contributed by atoms with Gasteiger partial charge in [-0.1, -0.05) is 64.7 Å². The number of rotatable bonds is 12. The van der Waals surface area contributed by atoms with Crippen molar-refractivity contribution in [2.75, 3.05) is 6.61 Å². The Labute approximate surface area is 122 Å². The Morgan fingerprint density at radius 1 is 0.833 bits per heavy atom. The Morgan fingerprint density at radius 3 is 1.61 bits per heavy atom. The summed E-state index contributed by atoms with van der Waals surface area (Å²) in [5, 5.41) is 0. The second-order valence-electron chi connectivity index (χ2n) is 4.43. The molecule has 0 atom stereocenters. The molecule has 0 aliphatic heterocycles. The van der Waals surface area contributed by atoms with Gasteiger partial charge in [0, 0.05) is 17.1 Å². The Bertz CT molecular complexity index is 255. The molecular formula is C12H26CuO4S. The van der Waals surface area contributed by atoms with Crippen molar-refractivity contribution >= 4 is 10.4 Å². The molecule has 0 saturated carbocycles. The minimum atomic E-state index is -4.23. The quantitative estimate of drug-likeness (QED) is 0.336. The predicted molar refractivity (Wildman–Crippen MR) is 69.3 cm³/mol. The molecule has 0 fully saturated rings. The summed E-state index contributed by atoms with van der Waals surface area (Å²) in [6.45, 7) is 2.31. The molecule has 0 aliphatic carbocycles. The van der Waals surface area contributed by atoms with Crippen molar-refractivity contribution in [1.29, 1.82) is 0 Å². The summed E-state index contributed by atoms with van der Waals surface area (Å²) in [6.07, 6.45) is 11.9. The van der Waals surface area contributed by atoms with Crippen LogP contribution < -0.4 is 0 Å². The van der Waals surface area contributed by atoms with Gasteiger partial charge in [0.05, 0.1) is 6.61 Å². The van der Waals surface area contributed by atoms with Crippen LogP contribution in [0.4, 0.5) is 0 Å². The van der Waals surface area contributed by atoms with Crippen LogP contribution >= 0.6 is 0 Å². The van der Waals surface area contributed by atoms with Gasteiger partial charge in [0.15, 0.2) is 0 Å². The maximum atomic E-state index is 10.2. The van der Waals surface area contributed by atoms with E-state index in [0.29, 0.717) is 6.42 Å². The van der Waals surface area contributed by atoms with Gasteiger partial charge in [0.25, 0.3) is 0 Å². The molecule has 0 amide bonds. The van der Waals surface area contributed by atoms with Crippen molar-refractivity contribution in [3.05, 3.63) is 0 Å². The second-order valence-corrected chi connectivity index (χ2v) is 5.52. The third-order valence-electron chi connectivity index (χ3n) is 2.73. The van der Waals surface area contributed by atoms with Gasteiger partial charge in [0.1, 0.15) is 0 Å². The monoisotopic (exact) mass is 329 g/mol. The summed E-state index contributed by atoms with van der Waals surface area (Å²) in [4.78, 5) is 0. The number of hydrogen-bond acceptors (Lipinski definition) is 3. The maximum Gasteiger partial charge on any atom is 0.397 e. The standard InChI is InChI=1S/C12H26O4S.Cu/c1-2-3-4-5-6-7-8-9-10-11-12-16-17(13,14)15;/h2-12H2,1H3,(H,13,14,15);. The first-order valence-electron chi connectivity index (χ1n) is 6.68. The zero-order valence-electron chi connectivity index (χ0n) is 11.2. The number of unbranched alkanes of at least 4 members (excludes halogenated alkanes) is 9.